The van der Waals surface area contributed by atoms with Gasteiger partial charge in [0.25, 0.3) is 5.56 Å². The number of aromatic nitrogens is 4. The molecule has 0 saturated carbocycles. The number of likely N-dealkylation sites (tertiary alicyclic amines) is 1. The normalized spacial score (nSPS) is 15.8. The van der Waals surface area contributed by atoms with Gasteiger partial charge in [0.15, 0.2) is 17.4 Å². The number of benzene rings is 2. The van der Waals surface area contributed by atoms with Gasteiger partial charge in [-0.25, -0.2) is 14.2 Å². The van der Waals surface area contributed by atoms with Crippen molar-refractivity contribution in [3.8, 4) is 17.2 Å². The number of amides is 1. The van der Waals surface area contributed by atoms with E-state index < -0.39 is 11.4 Å². The van der Waals surface area contributed by atoms with Crippen LogP contribution in [0.5, 0.6) is 11.5 Å². The minimum Gasteiger partial charge on any atom is -0.454 e. The smallest absolute Gasteiger partial charge is 0.275 e. The Morgan fingerprint density at radius 2 is 2.00 bits per heavy atom. The first kappa shape index (κ1) is 22.3. The number of anilines is 1. The van der Waals surface area contributed by atoms with Gasteiger partial charge in [-0.05, 0) is 55.3 Å². The van der Waals surface area contributed by atoms with E-state index >= 15 is 0 Å². The Hall–Kier alpha value is -4.47. The first-order valence-corrected chi connectivity index (χ1v) is 11.2. The molecule has 1 aliphatic rings. The molecule has 1 unspecified atom stereocenters. The van der Waals surface area contributed by atoms with Gasteiger partial charge in [0, 0.05) is 19.0 Å². The van der Waals surface area contributed by atoms with E-state index in [1.807, 2.05) is 0 Å². The van der Waals surface area contributed by atoms with E-state index in [2.05, 4.69) is 16.8 Å². The molecule has 1 aliphatic heterocycles. The third-order valence-electron chi connectivity index (χ3n) is 6.10. The molecule has 2 aromatic carbocycles. The molecule has 1 amide bonds. The average Bonchev–Trinajstić information content (AvgIpc) is 3.30. The quantitative estimate of drug-likeness (QED) is 0.427. The zero-order chi connectivity index (χ0) is 24.5. The first-order chi connectivity index (χ1) is 17.0. The third kappa shape index (κ3) is 4.14. The Labute approximate surface area is 199 Å². The van der Waals surface area contributed by atoms with Crippen molar-refractivity contribution < 1.29 is 13.9 Å². The average molecular weight is 474 g/mol. The SMILES string of the molecule is C=CC(=O)N1CCCC(c2nn(-c3ccc(Oc4ccccc4F)cc3)c3c(N)n[nH]c(=O)c23)C1. The summed E-state index contributed by atoms with van der Waals surface area (Å²) < 4.78 is 21.1. The second-order valence-electron chi connectivity index (χ2n) is 8.31. The van der Waals surface area contributed by atoms with Crippen LogP contribution in [0.25, 0.3) is 16.6 Å². The molecule has 10 heteroatoms. The fourth-order valence-corrected chi connectivity index (χ4v) is 4.43. The highest BCUT2D eigenvalue weighted by atomic mass is 19.1. The summed E-state index contributed by atoms with van der Waals surface area (Å²) in [6, 6.07) is 13.0. The number of para-hydroxylation sites is 1. The van der Waals surface area contributed by atoms with Crippen molar-refractivity contribution in [1.82, 2.24) is 24.9 Å². The molecule has 35 heavy (non-hydrogen) atoms. The number of nitrogens with one attached hydrogen (secondary N) is 1. The number of nitrogens with zero attached hydrogens (tertiary/aromatic N) is 4. The molecule has 9 nitrogen and oxygen atoms in total. The van der Waals surface area contributed by atoms with Gasteiger partial charge in [-0.15, -0.1) is 0 Å². The fraction of sp³-hybridized carbons (Fsp3) is 0.200. The standard InChI is InChI=1S/C25H23FN6O3/c1-2-20(33)31-13-5-6-15(14-31)22-21-23(24(27)28-29-25(21)34)32(30-22)16-9-11-17(12-10-16)35-19-8-4-3-7-18(19)26/h2-4,7-12,15H,1,5-6,13-14H2,(H2,27,28)(H,29,34). The lowest BCUT2D eigenvalue weighted by molar-refractivity contribution is -0.127. The van der Waals surface area contributed by atoms with Gasteiger partial charge in [0.2, 0.25) is 5.91 Å². The van der Waals surface area contributed by atoms with Crippen LogP contribution in [0.4, 0.5) is 10.2 Å². The van der Waals surface area contributed by atoms with Gasteiger partial charge in [-0.2, -0.15) is 10.2 Å². The van der Waals surface area contributed by atoms with E-state index in [0.29, 0.717) is 41.1 Å². The Morgan fingerprint density at radius 1 is 1.23 bits per heavy atom. The molecule has 3 N–H and O–H groups in total. The largest absolute Gasteiger partial charge is 0.454 e. The summed E-state index contributed by atoms with van der Waals surface area (Å²) in [6.45, 7) is 4.62. The van der Waals surface area contributed by atoms with E-state index in [1.165, 1.54) is 12.1 Å². The summed E-state index contributed by atoms with van der Waals surface area (Å²) in [4.78, 5) is 26.7. The zero-order valence-corrected chi connectivity index (χ0v) is 18.8. The van der Waals surface area contributed by atoms with E-state index in [4.69, 9.17) is 15.6 Å². The molecular formula is C25H23FN6O3. The summed E-state index contributed by atoms with van der Waals surface area (Å²) in [5, 5.41) is 11.5. The number of halogens is 1. The number of hydrogen-bond donors (Lipinski definition) is 2. The number of fused-ring (bicyclic) bond motifs is 1. The topological polar surface area (TPSA) is 119 Å². The Balaban J connectivity index is 1.54. The van der Waals surface area contributed by atoms with Crippen LogP contribution >= 0.6 is 0 Å². The van der Waals surface area contributed by atoms with Crippen molar-refractivity contribution in [2.24, 2.45) is 0 Å². The van der Waals surface area contributed by atoms with Gasteiger partial charge < -0.3 is 15.4 Å². The Bertz CT molecular complexity index is 1480. The number of piperidine rings is 1. The van der Waals surface area contributed by atoms with Crippen molar-refractivity contribution in [1.29, 1.82) is 0 Å². The van der Waals surface area contributed by atoms with Crippen molar-refractivity contribution in [2.45, 2.75) is 18.8 Å². The van der Waals surface area contributed by atoms with Crippen LogP contribution in [0.2, 0.25) is 0 Å². The number of carbonyl (C=O) groups is 1. The minimum atomic E-state index is -0.464. The monoisotopic (exact) mass is 474 g/mol. The van der Waals surface area contributed by atoms with Gasteiger partial charge in [-0.1, -0.05) is 18.7 Å². The van der Waals surface area contributed by atoms with E-state index in [1.54, 1.807) is 52.0 Å². The molecule has 2 aromatic heterocycles. The highest BCUT2D eigenvalue weighted by Gasteiger charge is 2.30. The highest BCUT2D eigenvalue weighted by molar-refractivity contribution is 5.91. The van der Waals surface area contributed by atoms with Gasteiger partial charge in [0.05, 0.1) is 16.8 Å². The van der Waals surface area contributed by atoms with Crippen molar-refractivity contribution >= 4 is 22.6 Å². The molecule has 1 saturated heterocycles. The number of nitrogens with two attached hydrogens (primary N) is 1. The van der Waals surface area contributed by atoms with Gasteiger partial charge >= 0.3 is 0 Å². The zero-order valence-electron chi connectivity index (χ0n) is 18.8. The van der Waals surface area contributed by atoms with Crippen LogP contribution in [0, 0.1) is 5.82 Å². The molecule has 3 heterocycles. The predicted octanol–water partition coefficient (Wildman–Crippen LogP) is 3.51. The lowest BCUT2D eigenvalue weighted by Gasteiger charge is -2.31. The van der Waals surface area contributed by atoms with Crippen LogP contribution in [0.15, 0.2) is 66.0 Å². The summed E-state index contributed by atoms with van der Waals surface area (Å²) in [5.41, 5.74) is 7.33. The maximum absolute atomic E-state index is 13.9. The lowest BCUT2D eigenvalue weighted by atomic mass is 9.93. The molecule has 5 rings (SSSR count). The Kier molecular flexibility index (Phi) is 5.77. The molecule has 1 fully saturated rings. The van der Waals surface area contributed by atoms with E-state index in [9.17, 15) is 14.0 Å². The number of rotatable bonds is 5. The summed E-state index contributed by atoms with van der Waals surface area (Å²) in [5.74, 6) is -0.0936. The molecule has 0 spiro atoms. The van der Waals surface area contributed by atoms with Crippen LogP contribution in [-0.2, 0) is 4.79 Å². The Morgan fingerprint density at radius 3 is 2.74 bits per heavy atom. The van der Waals surface area contributed by atoms with Crippen LogP contribution in [0.1, 0.15) is 24.5 Å². The predicted molar refractivity (Wildman–Crippen MR) is 129 cm³/mol. The second-order valence-corrected chi connectivity index (χ2v) is 8.31. The highest BCUT2D eigenvalue weighted by Crippen LogP contribution is 2.33. The number of H-pyrrole nitrogens is 1. The maximum atomic E-state index is 13.9. The minimum absolute atomic E-state index is 0.114. The summed E-state index contributed by atoms with van der Waals surface area (Å²) in [6.07, 6.45) is 2.84. The van der Waals surface area contributed by atoms with E-state index in [0.717, 1.165) is 12.8 Å². The summed E-state index contributed by atoms with van der Waals surface area (Å²) >= 11 is 0. The summed E-state index contributed by atoms with van der Waals surface area (Å²) in [7, 11) is 0. The van der Waals surface area contributed by atoms with Crippen molar-refractivity contribution in [3.05, 3.63) is 83.1 Å². The number of hydrogen-bond acceptors (Lipinski definition) is 6. The molecule has 1 atom stereocenters. The molecular weight excluding hydrogens is 451 g/mol. The lowest BCUT2D eigenvalue weighted by Crippen LogP contribution is -2.38. The number of aromatic amines is 1. The van der Waals surface area contributed by atoms with E-state index in [-0.39, 0.29) is 23.4 Å². The fourth-order valence-electron chi connectivity index (χ4n) is 4.43. The number of ether oxygens (including phenoxy) is 1. The molecule has 4 aromatic rings. The van der Waals surface area contributed by atoms with Crippen LogP contribution in [0.3, 0.4) is 0 Å². The third-order valence-corrected chi connectivity index (χ3v) is 6.10. The molecule has 0 bridgehead atoms. The van der Waals surface area contributed by atoms with Crippen molar-refractivity contribution in [2.75, 3.05) is 18.8 Å². The van der Waals surface area contributed by atoms with Gasteiger partial charge in [0.1, 0.15) is 11.3 Å². The first-order valence-electron chi connectivity index (χ1n) is 11.2. The maximum Gasteiger partial charge on any atom is 0.275 e. The van der Waals surface area contributed by atoms with Crippen LogP contribution in [-0.4, -0.2) is 43.9 Å². The van der Waals surface area contributed by atoms with Crippen LogP contribution < -0.4 is 16.0 Å². The molecule has 0 aliphatic carbocycles. The number of carbonyl (C=O) groups excluding carboxylic acids is 1. The molecule has 0 radical (unpaired) electrons. The second kappa shape index (κ2) is 9.05. The van der Waals surface area contributed by atoms with Gasteiger partial charge in [-0.3, -0.25) is 9.59 Å². The van der Waals surface area contributed by atoms with Crippen molar-refractivity contribution in [3.63, 3.8) is 0 Å². The molecule has 178 valence electrons. The number of nitrogen functional groups attached to an aromatic ring is 1.